The average molecular weight is 141 g/mol. The molecule has 54 valence electrons. The van der Waals surface area contributed by atoms with Crippen molar-refractivity contribution in [2.45, 2.75) is 6.42 Å². The van der Waals surface area contributed by atoms with E-state index in [9.17, 15) is 13.2 Å². The summed E-state index contributed by atoms with van der Waals surface area (Å²) in [5.41, 5.74) is 1.55. The molecule has 0 aliphatic rings. The van der Waals surface area contributed by atoms with Gasteiger partial charge in [0.2, 0.25) is 0 Å². The third-order valence-electron chi connectivity index (χ3n) is 0.661. The molecule has 0 aromatic rings. The fourth-order valence-electron chi connectivity index (χ4n) is 0.260. The van der Waals surface area contributed by atoms with Gasteiger partial charge in [-0.1, -0.05) is 0 Å². The summed E-state index contributed by atoms with van der Waals surface area (Å²) in [5.74, 6) is -1.49. The van der Waals surface area contributed by atoms with Crippen LogP contribution in [0.25, 0.3) is 0 Å². The first-order chi connectivity index (χ1) is 4.18. The second-order valence-electron chi connectivity index (χ2n) is 1.32. The molecule has 0 aromatic carbocycles. The predicted octanol–water partition coefficient (Wildman–Crippen LogP) is 1.43. The van der Waals surface area contributed by atoms with E-state index in [-0.39, 0.29) is 6.54 Å². The molecule has 0 aliphatic carbocycles. The van der Waals surface area contributed by atoms with Crippen LogP contribution in [0.15, 0.2) is 11.9 Å². The number of rotatable bonds is 3. The topological polar surface area (TPSA) is 32.3 Å². The molecule has 0 saturated heterocycles. The molecule has 0 heterocycles. The monoisotopic (exact) mass is 141 g/mol. The maximum atomic E-state index is 11.7. The van der Waals surface area contributed by atoms with E-state index in [1.54, 1.807) is 5.48 Å². The molecular weight excluding hydrogens is 135 g/mol. The molecule has 0 saturated carbocycles. The Morgan fingerprint density at radius 2 is 1.89 bits per heavy atom. The molecule has 0 unspecified atom stereocenters. The first-order valence-corrected chi connectivity index (χ1v) is 2.25. The van der Waals surface area contributed by atoms with Gasteiger partial charge in [-0.15, -0.1) is 0 Å². The zero-order valence-corrected chi connectivity index (χ0v) is 4.50. The summed E-state index contributed by atoms with van der Waals surface area (Å²) in [6.45, 7) is -0.205. The minimum atomic E-state index is -2.33. The minimum absolute atomic E-state index is 0.205. The highest BCUT2D eigenvalue weighted by atomic mass is 19.3. The van der Waals surface area contributed by atoms with Crippen molar-refractivity contribution in [3.8, 4) is 0 Å². The molecule has 5 heteroatoms. The predicted molar refractivity (Wildman–Crippen MR) is 24.8 cm³/mol. The standard InChI is InChI=1S/C4H6F3NO/c5-3(4(6)7)1-2-8-9/h8-9H,1-2H2. The molecule has 0 bridgehead atoms. The van der Waals surface area contributed by atoms with E-state index >= 15 is 0 Å². The third-order valence-corrected chi connectivity index (χ3v) is 0.661. The van der Waals surface area contributed by atoms with E-state index < -0.39 is 18.3 Å². The molecule has 0 aromatic heterocycles. The van der Waals surface area contributed by atoms with E-state index in [2.05, 4.69) is 0 Å². The number of halogens is 3. The third kappa shape index (κ3) is 3.99. The molecule has 0 spiro atoms. The second-order valence-corrected chi connectivity index (χ2v) is 1.32. The maximum Gasteiger partial charge on any atom is 0.301 e. The van der Waals surface area contributed by atoms with Crippen molar-refractivity contribution in [3.63, 3.8) is 0 Å². The molecule has 9 heavy (non-hydrogen) atoms. The van der Waals surface area contributed by atoms with Gasteiger partial charge >= 0.3 is 6.08 Å². The molecule has 0 amide bonds. The van der Waals surface area contributed by atoms with Gasteiger partial charge in [0.1, 0.15) is 0 Å². The summed E-state index contributed by atoms with van der Waals surface area (Å²) in [5, 5.41) is 7.81. The quantitative estimate of drug-likeness (QED) is 0.582. The lowest BCUT2D eigenvalue weighted by atomic mass is 10.4. The van der Waals surface area contributed by atoms with E-state index in [0.29, 0.717) is 0 Å². The van der Waals surface area contributed by atoms with Crippen molar-refractivity contribution in [1.82, 2.24) is 5.48 Å². The van der Waals surface area contributed by atoms with Gasteiger partial charge < -0.3 is 5.21 Å². The highest BCUT2D eigenvalue weighted by Crippen LogP contribution is 2.11. The van der Waals surface area contributed by atoms with Crippen molar-refractivity contribution >= 4 is 0 Å². The number of nitrogens with one attached hydrogen (secondary N) is 1. The van der Waals surface area contributed by atoms with Crippen molar-refractivity contribution in [2.75, 3.05) is 6.54 Å². The maximum absolute atomic E-state index is 11.7. The van der Waals surface area contributed by atoms with Gasteiger partial charge in [-0.25, -0.2) is 9.87 Å². The summed E-state index contributed by atoms with van der Waals surface area (Å²) in [6, 6.07) is 0. The van der Waals surface area contributed by atoms with Gasteiger partial charge in [0, 0.05) is 13.0 Å². The summed E-state index contributed by atoms with van der Waals surface area (Å²) in [6.07, 6.45) is -2.82. The summed E-state index contributed by atoms with van der Waals surface area (Å²) in [7, 11) is 0. The van der Waals surface area contributed by atoms with Crippen LogP contribution in [0, 0.1) is 0 Å². The Labute approximate surface area is 49.9 Å². The van der Waals surface area contributed by atoms with Crippen molar-refractivity contribution in [1.29, 1.82) is 0 Å². The van der Waals surface area contributed by atoms with Crippen LogP contribution >= 0.6 is 0 Å². The van der Waals surface area contributed by atoms with Crippen LogP contribution in [0.3, 0.4) is 0 Å². The SMILES string of the molecule is ONCCC(F)=C(F)F. The molecule has 0 radical (unpaired) electrons. The van der Waals surface area contributed by atoms with Gasteiger partial charge in [0.15, 0.2) is 5.83 Å². The van der Waals surface area contributed by atoms with Crippen molar-refractivity contribution < 1.29 is 18.4 Å². The molecule has 0 rings (SSSR count). The summed E-state index contributed by atoms with van der Waals surface area (Å²) < 4.78 is 34.0. The van der Waals surface area contributed by atoms with Crippen LogP contribution in [-0.2, 0) is 0 Å². The summed E-state index contributed by atoms with van der Waals surface area (Å²) in [4.78, 5) is 0. The van der Waals surface area contributed by atoms with Crippen molar-refractivity contribution in [3.05, 3.63) is 11.9 Å². The lowest BCUT2D eigenvalue weighted by molar-refractivity contribution is 0.165. The number of hydroxylamine groups is 1. The molecular formula is C4H6F3NO. The highest BCUT2D eigenvalue weighted by molar-refractivity contribution is 4.91. The van der Waals surface area contributed by atoms with Gasteiger partial charge in [0.25, 0.3) is 0 Å². The molecule has 0 fully saturated rings. The fraction of sp³-hybridized carbons (Fsp3) is 0.500. The first-order valence-electron chi connectivity index (χ1n) is 2.25. The van der Waals surface area contributed by atoms with E-state index in [0.717, 1.165) is 0 Å². The Morgan fingerprint density at radius 1 is 1.33 bits per heavy atom. The Bertz CT molecular complexity index is 110. The van der Waals surface area contributed by atoms with Crippen molar-refractivity contribution in [2.24, 2.45) is 0 Å². The van der Waals surface area contributed by atoms with E-state index in [4.69, 9.17) is 5.21 Å². The molecule has 2 N–H and O–H groups in total. The minimum Gasteiger partial charge on any atom is -0.317 e. The smallest absolute Gasteiger partial charge is 0.301 e. The first kappa shape index (κ1) is 8.45. The van der Waals surface area contributed by atoms with Gasteiger partial charge in [-0.2, -0.15) is 8.78 Å². The average Bonchev–Trinajstić information content (AvgIpc) is 1.82. The van der Waals surface area contributed by atoms with Gasteiger partial charge in [-0.3, -0.25) is 0 Å². The van der Waals surface area contributed by atoms with Crippen LogP contribution < -0.4 is 5.48 Å². The number of hydrogen-bond acceptors (Lipinski definition) is 2. The van der Waals surface area contributed by atoms with E-state index in [1.165, 1.54) is 0 Å². The van der Waals surface area contributed by atoms with Crippen LogP contribution in [0.1, 0.15) is 6.42 Å². The van der Waals surface area contributed by atoms with Crippen LogP contribution in [-0.4, -0.2) is 11.8 Å². The van der Waals surface area contributed by atoms with Crippen LogP contribution in [0.2, 0.25) is 0 Å². The Kier molecular flexibility index (Phi) is 4.08. The lowest BCUT2D eigenvalue weighted by Gasteiger charge is -1.92. The Morgan fingerprint density at radius 3 is 2.22 bits per heavy atom. The highest BCUT2D eigenvalue weighted by Gasteiger charge is 2.02. The largest absolute Gasteiger partial charge is 0.317 e. The van der Waals surface area contributed by atoms with E-state index in [1.807, 2.05) is 0 Å². The molecule has 2 nitrogen and oxygen atoms in total. The van der Waals surface area contributed by atoms with Crippen LogP contribution in [0.5, 0.6) is 0 Å². The normalized spacial score (nSPS) is 9.33. The van der Waals surface area contributed by atoms with Gasteiger partial charge in [-0.05, 0) is 0 Å². The molecule has 0 aliphatic heterocycles. The zero-order valence-electron chi connectivity index (χ0n) is 4.50. The zero-order chi connectivity index (χ0) is 7.28. The van der Waals surface area contributed by atoms with Crippen LogP contribution in [0.4, 0.5) is 13.2 Å². The fourth-order valence-corrected chi connectivity index (χ4v) is 0.260. The Balaban J connectivity index is 3.50. The Hall–Kier alpha value is -0.550. The van der Waals surface area contributed by atoms with Gasteiger partial charge in [0.05, 0.1) is 0 Å². The number of hydrogen-bond donors (Lipinski definition) is 2. The molecule has 0 atom stereocenters. The second kappa shape index (κ2) is 4.34. The lowest BCUT2D eigenvalue weighted by Crippen LogP contribution is -2.08. The summed E-state index contributed by atoms with van der Waals surface area (Å²) >= 11 is 0.